The topological polar surface area (TPSA) is 41.1 Å². The first-order chi connectivity index (χ1) is 9.69. The summed E-state index contributed by atoms with van der Waals surface area (Å²) in [6.45, 7) is 1.91. The maximum absolute atomic E-state index is 14.3. The predicted octanol–water partition coefficient (Wildman–Crippen LogP) is 3.51. The zero-order chi connectivity index (χ0) is 14.1. The van der Waals surface area contributed by atoms with E-state index in [-0.39, 0.29) is 12.2 Å². The minimum atomic E-state index is -0.323. The van der Waals surface area contributed by atoms with E-state index in [1.165, 1.54) is 6.07 Å². The van der Waals surface area contributed by atoms with E-state index in [2.05, 4.69) is 4.98 Å². The first-order valence-electron chi connectivity index (χ1n) is 6.29. The number of halogens is 1. The van der Waals surface area contributed by atoms with Gasteiger partial charge in [0.25, 0.3) is 0 Å². The Morgan fingerprint density at radius 3 is 2.90 bits per heavy atom. The number of imidazole rings is 1. The summed E-state index contributed by atoms with van der Waals surface area (Å²) < 4.78 is 16.1. The molecular weight excluding hydrogens is 253 g/mol. The molecular formula is C16H12FN3. The van der Waals surface area contributed by atoms with E-state index >= 15 is 0 Å². The molecule has 3 aromatic rings. The minimum Gasteiger partial charge on any atom is -0.299 e. The van der Waals surface area contributed by atoms with Gasteiger partial charge in [-0.1, -0.05) is 12.1 Å². The third kappa shape index (κ3) is 2.04. The first-order valence-corrected chi connectivity index (χ1v) is 6.29. The average Bonchev–Trinajstić information content (AvgIpc) is 2.79. The number of aromatic nitrogens is 2. The lowest BCUT2D eigenvalue weighted by Gasteiger charge is -2.07. The molecule has 3 nitrogen and oxygen atoms in total. The highest BCUT2D eigenvalue weighted by Crippen LogP contribution is 2.25. The van der Waals surface area contributed by atoms with Crippen LogP contribution in [0.2, 0.25) is 0 Å². The fourth-order valence-corrected chi connectivity index (χ4v) is 2.32. The second kappa shape index (κ2) is 4.78. The fraction of sp³-hybridized carbons (Fsp3) is 0.125. The summed E-state index contributed by atoms with van der Waals surface area (Å²) in [6, 6.07) is 12.5. The van der Waals surface area contributed by atoms with Crippen molar-refractivity contribution in [3.63, 3.8) is 0 Å². The molecule has 0 radical (unpaired) electrons. The van der Waals surface area contributed by atoms with Gasteiger partial charge in [-0.25, -0.2) is 9.37 Å². The molecule has 0 fully saturated rings. The third-order valence-electron chi connectivity index (χ3n) is 3.21. The summed E-state index contributed by atoms with van der Waals surface area (Å²) in [6.07, 6.45) is 2.10. The Morgan fingerprint density at radius 1 is 1.30 bits per heavy atom. The van der Waals surface area contributed by atoms with Crippen molar-refractivity contribution in [3.05, 3.63) is 59.7 Å². The second-order valence-electron chi connectivity index (χ2n) is 4.67. The van der Waals surface area contributed by atoms with E-state index in [0.717, 1.165) is 17.0 Å². The highest BCUT2D eigenvalue weighted by molar-refractivity contribution is 5.65. The molecule has 0 amide bonds. The molecule has 0 saturated heterocycles. The van der Waals surface area contributed by atoms with Crippen LogP contribution in [0.15, 0.2) is 42.6 Å². The maximum atomic E-state index is 14.3. The zero-order valence-corrected chi connectivity index (χ0v) is 11.0. The van der Waals surface area contributed by atoms with E-state index in [9.17, 15) is 4.39 Å². The van der Waals surface area contributed by atoms with Gasteiger partial charge in [-0.15, -0.1) is 0 Å². The van der Waals surface area contributed by atoms with Crippen molar-refractivity contribution < 1.29 is 4.39 Å². The Bertz CT molecular complexity index is 827. The Balaban J connectivity index is 2.18. The summed E-state index contributed by atoms with van der Waals surface area (Å²) in [7, 11) is 0. The summed E-state index contributed by atoms with van der Waals surface area (Å²) >= 11 is 0. The lowest BCUT2D eigenvalue weighted by atomic mass is 10.1. The summed E-state index contributed by atoms with van der Waals surface area (Å²) in [5.74, 6) is -0.323. The Morgan fingerprint density at radius 2 is 2.15 bits per heavy atom. The van der Waals surface area contributed by atoms with E-state index < -0.39 is 0 Å². The second-order valence-corrected chi connectivity index (χ2v) is 4.67. The third-order valence-corrected chi connectivity index (χ3v) is 3.21. The van der Waals surface area contributed by atoms with Crippen LogP contribution in [0.3, 0.4) is 0 Å². The van der Waals surface area contributed by atoms with Gasteiger partial charge in [-0.3, -0.25) is 4.40 Å². The van der Waals surface area contributed by atoms with Gasteiger partial charge >= 0.3 is 0 Å². The van der Waals surface area contributed by atoms with E-state index in [0.29, 0.717) is 11.1 Å². The van der Waals surface area contributed by atoms with Crippen molar-refractivity contribution in [2.45, 2.75) is 13.3 Å². The Labute approximate surface area is 115 Å². The predicted molar refractivity (Wildman–Crippen MR) is 74.6 cm³/mol. The number of hydrogen-bond donors (Lipinski definition) is 0. The zero-order valence-electron chi connectivity index (χ0n) is 11.0. The van der Waals surface area contributed by atoms with Crippen LogP contribution < -0.4 is 0 Å². The van der Waals surface area contributed by atoms with Gasteiger partial charge in [0.2, 0.25) is 0 Å². The molecule has 0 aliphatic rings. The van der Waals surface area contributed by atoms with Crippen molar-refractivity contribution >= 4 is 5.65 Å². The van der Waals surface area contributed by atoms with Gasteiger partial charge in [-0.05, 0) is 36.8 Å². The number of fused-ring (bicyclic) bond motifs is 1. The van der Waals surface area contributed by atoms with Gasteiger partial charge in [0.15, 0.2) is 0 Å². The van der Waals surface area contributed by atoms with Crippen molar-refractivity contribution in [1.82, 2.24) is 9.38 Å². The summed E-state index contributed by atoms with van der Waals surface area (Å²) in [4.78, 5) is 4.37. The molecule has 0 aliphatic heterocycles. The van der Waals surface area contributed by atoms with Gasteiger partial charge in [0.1, 0.15) is 11.5 Å². The van der Waals surface area contributed by atoms with Crippen molar-refractivity contribution in [2.75, 3.05) is 0 Å². The number of nitrogens with zero attached hydrogens (tertiary/aromatic N) is 3. The molecule has 0 aliphatic carbocycles. The van der Waals surface area contributed by atoms with Crippen LogP contribution in [-0.2, 0) is 6.42 Å². The number of hydrogen-bond acceptors (Lipinski definition) is 2. The van der Waals surface area contributed by atoms with Crippen LogP contribution in [0.25, 0.3) is 16.9 Å². The summed E-state index contributed by atoms with van der Waals surface area (Å²) in [5.41, 5.74) is 3.63. The number of nitriles is 1. The SMILES string of the molecule is Cc1cn2c(-c3ccc(CC#N)cc3F)cccc2n1. The van der Waals surface area contributed by atoms with Gasteiger partial charge in [0.05, 0.1) is 23.9 Å². The lowest BCUT2D eigenvalue weighted by molar-refractivity contribution is 0.629. The number of rotatable bonds is 2. The van der Waals surface area contributed by atoms with Crippen LogP contribution >= 0.6 is 0 Å². The van der Waals surface area contributed by atoms with Gasteiger partial charge < -0.3 is 0 Å². The van der Waals surface area contributed by atoms with Gasteiger partial charge in [0, 0.05) is 11.8 Å². The lowest BCUT2D eigenvalue weighted by Crippen LogP contribution is -1.94. The molecule has 2 aromatic heterocycles. The molecule has 0 unspecified atom stereocenters. The van der Waals surface area contributed by atoms with Crippen LogP contribution in [-0.4, -0.2) is 9.38 Å². The molecule has 0 saturated carbocycles. The molecule has 0 atom stereocenters. The number of aryl methyl sites for hydroxylation is 1. The van der Waals surface area contributed by atoms with Crippen LogP contribution in [0, 0.1) is 24.1 Å². The number of pyridine rings is 1. The maximum Gasteiger partial charge on any atom is 0.137 e. The molecule has 0 spiro atoms. The molecule has 1 aromatic carbocycles. The molecule has 0 N–H and O–H groups in total. The minimum absolute atomic E-state index is 0.214. The first kappa shape index (κ1) is 12.4. The van der Waals surface area contributed by atoms with Crippen LogP contribution in [0.5, 0.6) is 0 Å². The fourth-order valence-electron chi connectivity index (χ4n) is 2.32. The van der Waals surface area contributed by atoms with Crippen molar-refractivity contribution in [2.24, 2.45) is 0 Å². The van der Waals surface area contributed by atoms with E-state index in [1.807, 2.05) is 41.8 Å². The smallest absolute Gasteiger partial charge is 0.137 e. The highest BCUT2D eigenvalue weighted by Gasteiger charge is 2.10. The monoisotopic (exact) mass is 265 g/mol. The van der Waals surface area contributed by atoms with Crippen molar-refractivity contribution in [3.8, 4) is 17.3 Å². The quantitative estimate of drug-likeness (QED) is 0.711. The number of benzene rings is 1. The Hall–Kier alpha value is -2.67. The molecule has 4 heteroatoms. The summed E-state index contributed by atoms with van der Waals surface area (Å²) in [5, 5.41) is 8.66. The van der Waals surface area contributed by atoms with E-state index in [1.54, 1.807) is 12.1 Å². The van der Waals surface area contributed by atoms with Crippen LogP contribution in [0.1, 0.15) is 11.3 Å². The largest absolute Gasteiger partial charge is 0.299 e. The van der Waals surface area contributed by atoms with Gasteiger partial charge in [-0.2, -0.15) is 5.26 Å². The van der Waals surface area contributed by atoms with E-state index in [4.69, 9.17) is 5.26 Å². The highest BCUT2D eigenvalue weighted by atomic mass is 19.1. The molecule has 0 bridgehead atoms. The van der Waals surface area contributed by atoms with Crippen LogP contribution in [0.4, 0.5) is 4.39 Å². The molecule has 98 valence electrons. The van der Waals surface area contributed by atoms with Crippen molar-refractivity contribution in [1.29, 1.82) is 5.26 Å². The molecule has 2 heterocycles. The molecule has 3 rings (SSSR count). The average molecular weight is 265 g/mol. The normalized spacial score (nSPS) is 10.7. The molecule has 20 heavy (non-hydrogen) atoms. The standard InChI is InChI=1S/C16H12FN3/c1-11-10-20-15(3-2-4-16(20)19-11)13-6-5-12(7-8-18)9-14(13)17/h2-6,9-10H,7H2,1H3. The Kier molecular flexibility index (Phi) is 2.96.